The van der Waals surface area contributed by atoms with Crippen LogP contribution in [-0.4, -0.2) is 69.5 Å². The number of carbonyl (C=O) groups excluding carboxylic acids is 2. The van der Waals surface area contributed by atoms with Crippen LogP contribution in [0.3, 0.4) is 0 Å². The van der Waals surface area contributed by atoms with E-state index < -0.39 is 0 Å². The lowest BCUT2D eigenvalue weighted by molar-refractivity contribution is -0.129. The fourth-order valence-electron chi connectivity index (χ4n) is 1.84. The van der Waals surface area contributed by atoms with Gasteiger partial charge in [0.1, 0.15) is 12.3 Å². The van der Waals surface area contributed by atoms with Crippen LogP contribution in [0, 0.1) is 0 Å². The molecule has 0 heterocycles. The zero-order valence-corrected chi connectivity index (χ0v) is 14.0. The summed E-state index contributed by atoms with van der Waals surface area (Å²) in [5, 5.41) is 0. The minimum Gasteiger partial charge on any atom is -0.494 e. The molecular formula is C16H25N3O3. The third kappa shape index (κ3) is 5.37. The van der Waals surface area contributed by atoms with Crippen LogP contribution in [0.4, 0.5) is 5.69 Å². The van der Waals surface area contributed by atoms with Crippen LogP contribution in [0.1, 0.15) is 6.92 Å². The summed E-state index contributed by atoms with van der Waals surface area (Å²) in [6.07, 6.45) is 0. The fraction of sp³-hybridized carbons (Fsp3) is 0.500. The summed E-state index contributed by atoms with van der Waals surface area (Å²) in [7, 11) is 6.99. The van der Waals surface area contributed by atoms with Gasteiger partial charge in [-0.3, -0.25) is 9.59 Å². The summed E-state index contributed by atoms with van der Waals surface area (Å²) < 4.78 is 5.40. The second kappa shape index (κ2) is 8.38. The average Bonchev–Trinajstić information content (AvgIpc) is 2.45. The molecule has 6 nitrogen and oxygen atoms in total. The van der Waals surface area contributed by atoms with E-state index in [-0.39, 0.29) is 24.9 Å². The Morgan fingerprint density at radius 3 is 2.00 bits per heavy atom. The molecule has 0 spiro atoms. The molecule has 0 saturated heterocycles. The molecule has 1 aromatic rings. The molecule has 0 aliphatic rings. The molecular weight excluding hydrogens is 282 g/mol. The monoisotopic (exact) mass is 307 g/mol. The van der Waals surface area contributed by atoms with Gasteiger partial charge in [-0.1, -0.05) is 0 Å². The Kier molecular flexibility index (Phi) is 6.85. The van der Waals surface area contributed by atoms with Crippen molar-refractivity contribution >= 4 is 17.5 Å². The summed E-state index contributed by atoms with van der Waals surface area (Å²) in [5.41, 5.74) is 0.686. The van der Waals surface area contributed by atoms with Gasteiger partial charge in [0.05, 0.1) is 13.2 Å². The third-order valence-corrected chi connectivity index (χ3v) is 3.00. The molecule has 0 saturated carbocycles. The molecule has 122 valence electrons. The molecule has 1 aromatic carbocycles. The Morgan fingerprint density at radius 2 is 1.55 bits per heavy atom. The Labute approximate surface area is 132 Å². The van der Waals surface area contributed by atoms with Crippen molar-refractivity contribution in [1.82, 2.24) is 9.80 Å². The smallest absolute Gasteiger partial charge is 0.242 e. The number of amides is 2. The lowest BCUT2D eigenvalue weighted by Crippen LogP contribution is -2.44. The van der Waals surface area contributed by atoms with E-state index >= 15 is 0 Å². The minimum absolute atomic E-state index is 0.0215. The number of nitrogens with zero attached hydrogens (tertiary/aromatic N) is 3. The molecule has 0 aliphatic carbocycles. The van der Waals surface area contributed by atoms with Gasteiger partial charge >= 0.3 is 0 Å². The number of hydrogen-bond acceptors (Lipinski definition) is 4. The van der Waals surface area contributed by atoms with Crippen molar-refractivity contribution < 1.29 is 14.3 Å². The summed E-state index contributed by atoms with van der Waals surface area (Å²) in [6, 6.07) is 7.19. The van der Waals surface area contributed by atoms with E-state index in [0.29, 0.717) is 12.3 Å². The molecule has 1 rings (SSSR count). The number of hydrogen-bond donors (Lipinski definition) is 0. The highest BCUT2D eigenvalue weighted by atomic mass is 16.5. The molecule has 2 amide bonds. The van der Waals surface area contributed by atoms with E-state index in [1.807, 2.05) is 21.0 Å². The second-order valence-corrected chi connectivity index (χ2v) is 5.43. The molecule has 0 radical (unpaired) electrons. The van der Waals surface area contributed by atoms with E-state index in [4.69, 9.17) is 4.74 Å². The van der Waals surface area contributed by atoms with Crippen molar-refractivity contribution in [2.75, 3.05) is 52.8 Å². The van der Waals surface area contributed by atoms with Crippen LogP contribution in [0.5, 0.6) is 5.75 Å². The molecule has 6 heteroatoms. The predicted octanol–water partition coefficient (Wildman–Crippen LogP) is 1.07. The first-order chi connectivity index (χ1) is 10.3. The van der Waals surface area contributed by atoms with Crippen molar-refractivity contribution in [3.63, 3.8) is 0 Å². The number of likely N-dealkylation sites (N-methyl/N-ethyl adjacent to an activating group) is 2. The van der Waals surface area contributed by atoms with Gasteiger partial charge in [-0.2, -0.15) is 0 Å². The molecule has 0 N–H and O–H groups in total. The number of anilines is 1. The van der Waals surface area contributed by atoms with Crippen LogP contribution in [0.25, 0.3) is 0 Å². The van der Waals surface area contributed by atoms with Gasteiger partial charge in [-0.15, -0.1) is 0 Å². The van der Waals surface area contributed by atoms with Crippen LogP contribution >= 0.6 is 0 Å². The normalized spacial score (nSPS) is 10.5. The Morgan fingerprint density at radius 1 is 0.955 bits per heavy atom. The summed E-state index contributed by atoms with van der Waals surface area (Å²) in [6.45, 7) is 2.76. The zero-order valence-electron chi connectivity index (χ0n) is 14.0. The summed E-state index contributed by atoms with van der Waals surface area (Å²) in [4.78, 5) is 29.1. The topological polar surface area (TPSA) is 53.1 Å². The fourth-order valence-corrected chi connectivity index (χ4v) is 1.84. The lowest BCUT2D eigenvalue weighted by atomic mass is 10.2. The molecule has 0 bridgehead atoms. The molecule has 0 unspecified atom stereocenters. The number of carbonyl (C=O) groups is 2. The van der Waals surface area contributed by atoms with Crippen molar-refractivity contribution in [1.29, 1.82) is 0 Å². The Hall–Kier alpha value is -2.08. The van der Waals surface area contributed by atoms with Crippen molar-refractivity contribution in [2.45, 2.75) is 6.92 Å². The SMILES string of the molecule is CCOc1ccc(N(CC(=O)N(C)C)C(=O)CN(C)C)cc1. The van der Waals surface area contributed by atoms with E-state index in [2.05, 4.69) is 0 Å². The van der Waals surface area contributed by atoms with Crippen LogP contribution < -0.4 is 9.64 Å². The zero-order chi connectivity index (χ0) is 16.7. The van der Waals surface area contributed by atoms with Crippen molar-refractivity contribution in [2.24, 2.45) is 0 Å². The molecule has 0 aliphatic heterocycles. The summed E-state index contributed by atoms with van der Waals surface area (Å²) >= 11 is 0. The first-order valence-electron chi connectivity index (χ1n) is 7.23. The van der Waals surface area contributed by atoms with Gasteiger partial charge in [0.25, 0.3) is 0 Å². The average molecular weight is 307 g/mol. The second-order valence-electron chi connectivity index (χ2n) is 5.43. The van der Waals surface area contributed by atoms with E-state index in [9.17, 15) is 9.59 Å². The standard InChI is InChI=1S/C16H25N3O3/c1-6-22-14-9-7-13(8-10-14)19(12-15(20)18(4)5)16(21)11-17(2)3/h7-10H,6,11-12H2,1-5H3. The maximum Gasteiger partial charge on any atom is 0.242 e. The first kappa shape index (κ1) is 18.0. The van der Waals surface area contributed by atoms with E-state index in [1.54, 1.807) is 43.3 Å². The van der Waals surface area contributed by atoms with Crippen LogP contribution in [0.15, 0.2) is 24.3 Å². The highest BCUT2D eigenvalue weighted by molar-refractivity contribution is 5.99. The largest absolute Gasteiger partial charge is 0.494 e. The molecule has 22 heavy (non-hydrogen) atoms. The van der Waals surface area contributed by atoms with Gasteiger partial charge in [0.2, 0.25) is 11.8 Å². The summed E-state index contributed by atoms with van der Waals surface area (Å²) in [5.74, 6) is 0.496. The third-order valence-electron chi connectivity index (χ3n) is 3.00. The minimum atomic E-state index is -0.124. The molecule has 0 fully saturated rings. The van der Waals surface area contributed by atoms with E-state index in [0.717, 1.165) is 5.75 Å². The number of rotatable bonds is 7. The highest BCUT2D eigenvalue weighted by Crippen LogP contribution is 2.20. The Bertz CT molecular complexity index is 498. The van der Waals surface area contributed by atoms with Gasteiger partial charge in [0, 0.05) is 19.8 Å². The van der Waals surface area contributed by atoms with E-state index in [1.165, 1.54) is 9.80 Å². The molecule has 0 atom stereocenters. The number of benzene rings is 1. The number of ether oxygens (including phenoxy) is 1. The molecule has 0 aromatic heterocycles. The highest BCUT2D eigenvalue weighted by Gasteiger charge is 2.20. The Balaban J connectivity index is 2.97. The van der Waals surface area contributed by atoms with Crippen molar-refractivity contribution in [3.8, 4) is 5.75 Å². The van der Waals surface area contributed by atoms with Gasteiger partial charge in [-0.25, -0.2) is 0 Å². The van der Waals surface area contributed by atoms with Crippen molar-refractivity contribution in [3.05, 3.63) is 24.3 Å². The predicted molar refractivity (Wildman–Crippen MR) is 87.2 cm³/mol. The lowest BCUT2D eigenvalue weighted by Gasteiger charge is -2.25. The van der Waals surface area contributed by atoms with Crippen LogP contribution in [-0.2, 0) is 9.59 Å². The van der Waals surface area contributed by atoms with Gasteiger partial charge < -0.3 is 19.4 Å². The first-order valence-corrected chi connectivity index (χ1v) is 7.23. The van der Waals surface area contributed by atoms with Gasteiger partial charge in [-0.05, 0) is 45.3 Å². The van der Waals surface area contributed by atoms with Gasteiger partial charge in [0.15, 0.2) is 0 Å². The maximum atomic E-state index is 12.4. The quantitative estimate of drug-likeness (QED) is 0.756. The van der Waals surface area contributed by atoms with Crippen LogP contribution in [0.2, 0.25) is 0 Å². The maximum absolute atomic E-state index is 12.4.